The molecule has 14 heavy (non-hydrogen) atoms. The maximum atomic E-state index is 11.5. The Morgan fingerprint density at radius 3 is 3.00 bits per heavy atom. The summed E-state index contributed by atoms with van der Waals surface area (Å²) >= 11 is 0. The number of anilines is 1. The van der Waals surface area contributed by atoms with Crippen molar-refractivity contribution in [2.24, 2.45) is 5.92 Å². The Morgan fingerprint density at radius 1 is 1.57 bits per heavy atom. The van der Waals surface area contributed by atoms with E-state index in [0.717, 1.165) is 6.54 Å². The highest BCUT2D eigenvalue weighted by Gasteiger charge is 2.22. The lowest BCUT2D eigenvalue weighted by molar-refractivity contribution is 0.0946. The molecule has 3 N–H and O–H groups in total. The molecule has 1 heterocycles. The highest BCUT2D eigenvalue weighted by Crippen LogP contribution is 2.27. The van der Waals surface area contributed by atoms with Crippen LogP contribution in [0.3, 0.4) is 0 Å². The van der Waals surface area contributed by atoms with E-state index in [1.54, 1.807) is 0 Å². The van der Waals surface area contributed by atoms with Gasteiger partial charge in [-0.05, 0) is 18.8 Å². The average molecular weight is 192 g/mol. The van der Waals surface area contributed by atoms with E-state index in [1.165, 1.54) is 25.2 Å². The predicted molar refractivity (Wildman–Crippen MR) is 51.5 cm³/mol. The van der Waals surface area contributed by atoms with Gasteiger partial charge in [0.2, 0.25) is 0 Å². The largest absolute Gasteiger partial charge is 0.382 e. The van der Waals surface area contributed by atoms with Gasteiger partial charge in [0.05, 0.1) is 12.4 Å². The van der Waals surface area contributed by atoms with Crippen LogP contribution in [0, 0.1) is 5.92 Å². The van der Waals surface area contributed by atoms with Crippen LogP contribution in [-0.4, -0.2) is 22.4 Å². The average Bonchev–Trinajstić information content (AvgIpc) is 2.97. The number of hydrogen-bond acceptors (Lipinski definition) is 4. The predicted octanol–water partition coefficient (Wildman–Crippen LogP) is 0.199. The normalized spacial score (nSPS) is 15.1. The van der Waals surface area contributed by atoms with E-state index in [9.17, 15) is 4.79 Å². The number of aromatic nitrogens is 2. The van der Waals surface area contributed by atoms with Crippen molar-refractivity contribution < 1.29 is 4.79 Å². The zero-order chi connectivity index (χ0) is 9.97. The Labute approximate surface area is 81.7 Å². The Bertz CT molecular complexity index is 348. The minimum absolute atomic E-state index is 0.197. The van der Waals surface area contributed by atoms with Gasteiger partial charge in [0, 0.05) is 6.54 Å². The molecule has 74 valence electrons. The summed E-state index contributed by atoms with van der Waals surface area (Å²) in [6.45, 7) is 0.731. The third-order valence-corrected chi connectivity index (χ3v) is 2.13. The molecule has 1 aromatic rings. The van der Waals surface area contributed by atoms with Gasteiger partial charge in [-0.1, -0.05) is 0 Å². The van der Waals surface area contributed by atoms with Crippen LogP contribution in [0.5, 0.6) is 0 Å². The van der Waals surface area contributed by atoms with E-state index in [-0.39, 0.29) is 17.4 Å². The summed E-state index contributed by atoms with van der Waals surface area (Å²) in [6.07, 6.45) is 5.25. The fourth-order valence-corrected chi connectivity index (χ4v) is 1.14. The van der Waals surface area contributed by atoms with E-state index in [4.69, 9.17) is 5.73 Å². The highest BCUT2D eigenvalue weighted by molar-refractivity contribution is 5.92. The molecular formula is C9H12N4O. The summed E-state index contributed by atoms with van der Waals surface area (Å²) in [5, 5.41) is 2.79. The highest BCUT2D eigenvalue weighted by atomic mass is 16.1. The van der Waals surface area contributed by atoms with Crippen molar-refractivity contribution in [2.45, 2.75) is 12.8 Å². The molecule has 1 aromatic heterocycles. The summed E-state index contributed by atoms with van der Waals surface area (Å²) in [6, 6.07) is 0. The van der Waals surface area contributed by atoms with Crippen molar-refractivity contribution in [2.75, 3.05) is 12.3 Å². The fraction of sp³-hybridized carbons (Fsp3) is 0.444. The molecule has 1 fully saturated rings. The molecule has 1 aliphatic rings. The first-order valence-electron chi connectivity index (χ1n) is 4.61. The smallest absolute Gasteiger partial charge is 0.271 e. The van der Waals surface area contributed by atoms with E-state index in [2.05, 4.69) is 15.3 Å². The molecule has 5 heteroatoms. The molecule has 0 unspecified atom stereocenters. The fourth-order valence-electron chi connectivity index (χ4n) is 1.14. The molecule has 0 atom stereocenters. The molecule has 0 radical (unpaired) electrons. The van der Waals surface area contributed by atoms with Gasteiger partial charge in [0.15, 0.2) is 0 Å². The Balaban J connectivity index is 1.95. The molecule has 1 aliphatic carbocycles. The van der Waals surface area contributed by atoms with Crippen LogP contribution in [0.1, 0.15) is 23.3 Å². The minimum atomic E-state index is -0.197. The van der Waals surface area contributed by atoms with E-state index in [1.807, 2.05) is 0 Å². The molecule has 0 saturated heterocycles. The third-order valence-electron chi connectivity index (χ3n) is 2.13. The van der Waals surface area contributed by atoms with Crippen LogP contribution < -0.4 is 11.1 Å². The summed E-state index contributed by atoms with van der Waals surface area (Å²) in [7, 11) is 0. The zero-order valence-electron chi connectivity index (χ0n) is 7.73. The van der Waals surface area contributed by atoms with Crippen LogP contribution >= 0.6 is 0 Å². The second-order valence-corrected chi connectivity index (χ2v) is 3.48. The van der Waals surface area contributed by atoms with Gasteiger partial charge in [-0.2, -0.15) is 0 Å². The van der Waals surface area contributed by atoms with Gasteiger partial charge in [0.1, 0.15) is 11.5 Å². The standard InChI is InChI=1S/C9H12N4O/c10-8-5-11-4-7(13-8)9(14)12-3-6-1-2-6/h4-6H,1-3H2,(H2,10,13)(H,12,14). The molecule has 5 nitrogen and oxygen atoms in total. The van der Waals surface area contributed by atoms with Gasteiger partial charge in [-0.3, -0.25) is 9.78 Å². The number of amides is 1. The maximum absolute atomic E-state index is 11.5. The van der Waals surface area contributed by atoms with Crippen molar-refractivity contribution in [1.29, 1.82) is 0 Å². The monoisotopic (exact) mass is 192 g/mol. The number of nitrogens with one attached hydrogen (secondary N) is 1. The first kappa shape index (κ1) is 8.93. The van der Waals surface area contributed by atoms with E-state index < -0.39 is 0 Å². The lowest BCUT2D eigenvalue weighted by Crippen LogP contribution is -2.26. The number of nitrogens with zero attached hydrogens (tertiary/aromatic N) is 2. The zero-order valence-corrected chi connectivity index (χ0v) is 7.73. The number of carbonyl (C=O) groups is 1. The van der Waals surface area contributed by atoms with E-state index in [0.29, 0.717) is 5.92 Å². The van der Waals surface area contributed by atoms with Crippen LogP contribution in [0.15, 0.2) is 12.4 Å². The molecule has 1 saturated carbocycles. The van der Waals surface area contributed by atoms with Crippen LogP contribution in [0.25, 0.3) is 0 Å². The molecule has 1 amide bonds. The SMILES string of the molecule is Nc1cncc(C(=O)NCC2CC2)n1. The van der Waals surface area contributed by atoms with Crippen LogP contribution in [-0.2, 0) is 0 Å². The lowest BCUT2D eigenvalue weighted by atomic mass is 10.3. The second-order valence-electron chi connectivity index (χ2n) is 3.48. The Kier molecular flexibility index (Phi) is 2.30. The number of hydrogen-bond donors (Lipinski definition) is 2. The van der Waals surface area contributed by atoms with Gasteiger partial charge < -0.3 is 11.1 Å². The van der Waals surface area contributed by atoms with Crippen molar-refractivity contribution in [3.05, 3.63) is 18.1 Å². The summed E-state index contributed by atoms with van der Waals surface area (Å²) < 4.78 is 0. The minimum Gasteiger partial charge on any atom is -0.382 e. The molecule has 0 bridgehead atoms. The first-order chi connectivity index (χ1) is 6.75. The van der Waals surface area contributed by atoms with Crippen molar-refractivity contribution in [3.8, 4) is 0 Å². The van der Waals surface area contributed by atoms with Gasteiger partial charge >= 0.3 is 0 Å². The van der Waals surface area contributed by atoms with Crippen LogP contribution in [0.4, 0.5) is 5.82 Å². The molecule has 2 rings (SSSR count). The van der Waals surface area contributed by atoms with Crippen molar-refractivity contribution >= 4 is 11.7 Å². The van der Waals surface area contributed by atoms with Gasteiger partial charge in [0.25, 0.3) is 5.91 Å². The molecular weight excluding hydrogens is 180 g/mol. The number of nitrogen functional groups attached to an aromatic ring is 1. The van der Waals surface area contributed by atoms with Crippen molar-refractivity contribution in [1.82, 2.24) is 15.3 Å². The Morgan fingerprint density at radius 2 is 2.36 bits per heavy atom. The lowest BCUT2D eigenvalue weighted by Gasteiger charge is -2.02. The summed E-state index contributed by atoms with van der Waals surface area (Å²) in [5.41, 5.74) is 5.69. The van der Waals surface area contributed by atoms with Gasteiger partial charge in [-0.25, -0.2) is 4.98 Å². The topological polar surface area (TPSA) is 80.9 Å². The quantitative estimate of drug-likeness (QED) is 0.716. The number of carbonyl (C=O) groups excluding carboxylic acids is 1. The summed E-state index contributed by atoms with van der Waals surface area (Å²) in [4.78, 5) is 19.1. The van der Waals surface area contributed by atoms with Gasteiger partial charge in [-0.15, -0.1) is 0 Å². The number of nitrogens with two attached hydrogens (primary N) is 1. The van der Waals surface area contributed by atoms with E-state index >= 15 is 0 Å². The summed E-state index contributed by atoms with van der Waals surface area (Å²) in [5.74, 6) is 0.730. The molecule has 0 spiro atoms. The maximum Gasteiger partial charge on any atom is 0.271 e. The second kappa shape index (κ2) is 3.61. The third kappa shape index (κ3) is 2.18. The molecule has 0 aromatic carbocycles. The van der Waals surface area contributed by atoms with Crippen molar-refractivity contribution in [3.63, 3.8) is 0 Å². The van der Waals surface area contributed by atoms with Crippen LogP contribution in [0.2, 0.25) is 0 Å². The molecule has 0 aliphatic heterocycles. The number of rotatable bonds is 3. The Hall–Kier alpha value is -1.65. The first-order valence-corrected chi connectivity index (χ1v) is 4.61.